The van der Waals surface area contributed by atoms with E-state index in [1.54, 1.807) is 7.11 Å². The molecule has 3 unspecified atom stereocenters. The summed E-state index contributed by atoms with van der Waals surface area (Å²) >= 11 is 0. The van der Waals surface area contributed by atoms with E-state index in [0.717, 1.165) is 44.5 Å². The van der Waals surface area contributed by atoms with E-state index in [1.165, 1.54) is 5.56 Å². The molecule has 0 bridgehead atoms. The average Bonchev–Trinajstić information content (AvgIpc) is 2.65. The van der Waals surface area contributed by atoms with Crippen molar-refractivity contribution in [3.05, 3.63) is 29.8 Å². The Balaban J connectivity index is 2.06. The zero-order valence-corrected chi connectivity index (χ0v) is 15.8. The van der Waals surface area contributed by atoms with Crippen LogP contribution in [0.1, 0.15) is 51.1 Å². The van der Waals surface area contributed by atoms with Crippen molar-refractivity contribution >= 4 is 5.91 Å². The second kappa shape index (κ2) is 9.78. The first-order valence-corrected chi connectivity index (χ1v) is 9.50. The van der Waals surface area contributed by atoms with Gasteiger partial charge in [0.1, 0.15) is 5.75 Å². The summed E-state index contributed by atoms with van der Waals surface area (Å²) in [7, 11) is 1.68. The summed E-state index contributed by atoms with van der Waals surface area (Å²) in [5, 5.41) is 3.18. The van der Waals surface area contributed by atoms with E-state index in [0.29, 0.717) is 6.54 Å². The Morgan fingerprint density at radius 2 is 2.12 bits per heavy atom. The van der Waals surface area contributed by atoms with Crippen molar-refractivity contribution in [2.45, 2.75) is 51.6 Å². The van der Waals surface area contributed by atoms with Gasteiger partial charge in [0, 0.05) is 18.5 Å². The monoisotopic (exact) mass is 347 g/mol. The van der Waals surface area contributed by atoms with E-state index >= 15 is 0 Å². The lowest BCUT2D eigenvalue weighted by molar-refractivity contribution is -0.126. The summed E-state index contributed by atoms with van der Waals surface area (Å²) in [6, 6.07) is 8.44. The molecule has 1 aliphatic carbocycles. The van der Waals surface area contributed by atoms with Gasteiger partial charge in [-0.2, -0.15) is 0 Å². The summed E-state index contributed by atoms with van der Waals surface area (Å²) < 4.78 is 5.36. The first kappa shape index (κ1) is 19.7. The molecule has 140 valence electrons. The number of likely N-dealkylation sites (N-methyl/N-ethyl adjacent to an activating group) is 1. The van der Waals surface area contributed by atoms with Crippen molar-refractivity contribution in [2.24, 2.45) is 11.7 Å². The summed E-state index contributed by atoms with van der Waals surface area (Å²) in [5.74, 6) is 1.06. The molecule has 25 heavy (non-hydrogen) atoms. The standard InChI is InChI=1S/C20H33N3O2/c1-4-23(5-2)19(15-8-7-11-18(13-15)25-3)14-22-20(24)16-9-6-10-17(21)12-16/h7-8,11,13,16-17,19H,4-6,9-10,12,14,21H2,1-3H3,(H,22,24). The van der Waals surface area contributed by atoms with Crippen LogP contribution in [0.25, 0.3) is 0 Å². The molecule has 0 heterocycles. The number of nitrogens with zero attached hydrogens (tertiary/aromatic N) is 1. The highest BCUT2D eigenvalue weighted by atomic mass is 16.5. The maximum absolute atomic E-state index is 12.6. The van der Waals surface area contributed by atoms with Gasteiger partial charge >= 0.3 is 0 Å². The maximum atomic E-state index is 12.6. The minimum Gasteiger partial charge on any atom is -0.497 e. The van der Waals surface area contributed by atoms with Crippen LogP contribution in [-0.4, -0.2) is 43.6 Å². The fraction of sp³-hybridized carbons (Fsp3) is 0.650. The minimum atomic E-state index is 0.0615. The highest BCUT2D eigenvalue weighted by Crippen LogP contribution is 2.26. The summed E-state index contributed by atoms with van der Waals surface area (Å²) in [4.78, 5) is 15.0. The molecule has 0 radical (unpaired) electrons. The molecule has 0 aliphatic heterocycles. The lowest BCUT2D eigenvalue weighted by Crippen LogP contribution is -2.42. The Bertz CT molecular complexity index is 545. The predicted molar refractivity (Wildman–Crippen MR) is 102 cm³/mol. The minimum absolute atomic E-state index is 0.0615. The molecule has 3 N–H and O–H groups in total. The number of methoxy groups -OCH3 is 1. The number of rotatable bonds is 8. The molecule has 3 atom stereocenters. The van der Waals surface area contributed by atoms with E-state index in [-0.39, 0.29) is 23.9 Å². The van der Waals surface area contributed by atoms with E-state index < -0.39 is 0 Å². The predicted octanol–water partition coefficient (Wildman–Crippen LogP) is 2.71. The highest BCUT2D eigenvalue weighted by molar-refractivity contribution is 5.78. The highest BCUT2D eigenvalue weighted by Gasteiger charge is 2.26. The molecule has 5 heteroatoms. The normalized spacial score (nSPS) is 21.8. The van der Waals surface area contributed by atoms with Crippen LogP contribution in [0, 0.1) is 5.92 Å². The Morgan fingerprint density at radius 1 is 1.36 bits per heavy atom. The van der Waals surface area contributed by atoms with Crippen LogP contribution in [0.5, 0.6) is 5.75 Å². The largest absolute Gasteiger partial charge is 0.497 e. The van der Waals surface area contributed by atoms with Crippen molar-refractivity contribution in [3.63, 3.8) is 0 Å². The summed E-state index contributed by atoms with van der Waals surface area (Å²) in [5.41, 5.74) is 7.20. The zero-order valence-electron chi connectivity index (χ0n) is 15.8. The van der Waals surface area contributed by atoms with Gasteiger partial charge in [0.2, 0.25) is 5.91 Å². The lowest BCUT2D eigenvalue weighted by Gasteiger charge is -2.32. The molecule has 1 aromatic carbocycles. The smallest absolute Gasteiger partial charge is 0.223 e. The number of carbonyl (C=O) groups excluding carboxylic acids is 1. The van der Waals surface area contributed by atoms with E-state index in [1.807, 2.05) is 12.1 Å². The molecule has 0 spiro atoms. The Hall–Kier alpha value is -1.59. The number of nitrogens with one attached hydrogen (secondary N) is 1. The fourth-order valence-corrected chi connectivity index (χ4v) is 3.78. The molecule has 0 aromatic heterocycles. The maximum Gasteiger partial charge on any atom is 0.223 e. The lowest BCUT2D eigenvalue weighted by atomic mass is 9.85. The van der Waals surface area contributed by atoms with Crippen LogP contribution in [0.3, 0.4) is 0 Å². The third kappa shape index (κ3) is 5.44. The first-order chi connectivity index (χ1) is 12.1. The van der Waals surface area contributed by atoms with Crippen LogP contribution in [0.2, 0.25) is 0 Å². The van der Waals surface area contributed by atoms with E-state index in [2.05, 4.69) is 36.2 Å². The van der Waals surface area contributed by atoms with Crippen LogP contribution in [-0.2, 0) is 4.79 Å². The number of hydrogen-bond donors (Lipinski definition) is 2. The Morgan fingerprint density at radius 3 is 2.76 bits per heavy atom. The summed E-state index contributed by atoms with van der Waals surface area (Å²) in [6.07, 6.45) is 3.85. The molecule has 1 saturated carbocycles. The number of carbonyl (C=O) groups is 1. The van der Waals surface area contributed by atoms with Gasteiger partial charge in [0.05, 0.1) is 13.2 Å². The Labute approximate surface area is 151 Å². The zero-order chi connectivity index (χ0) is 18.2. The molecule has 2 rings (SSSR count). The van der Waals surface area contributed by atoms with Gasteiger partial charge in [-0.3, -0.25) is 9.69 Å². The van der Waals surface area contributed by atoms with Gasteiger partial charge in [0.15, 0.2) is 0 Å². The number of nitrogens with two attached hydrogens (primary N) is 1. The van der Waals surface area contributed by atoms with Gasteiger partial charge in [-0.25, -0.2) is 0 Å². The molecular formula is C20H33N3O2. The second-order valence-electron chi connectivity index (χ2n) is 6.88. The van der Waals surface area contributed by atoms with Crippen molar-refractivity contribution in [2.75, 3.05) is 26.7 Å². The molecular weight excluding hydrogens is 314 g/mol. The van der Waals surface area contributed by atoms with Crippen molar-refractivity contribution in [3.8, 4) is 5.75 Å². The van der Waals surface area contributed by atoms with Crippen LogP contribution >= 0.6 is 0 Å². The second-order valence-corrected chi connectivity index (χ2v) is 6.88. The molecule has 1 aromatic rings. The van der Waals surface area contributed by atoms with Gasteiger partial charge < -0.3 is 15.8 Å². The SMILES string of the molecule is CCN(CC)C(CNC(=O)C1CCCC(N)C1)c1cccc(OC)c1. The Kier molecular flexibility index (Phi) is 7.72. The molecule has 1 fully saturated rings. The van der Waals surface area contributed by atoms with Crippen LogP contribution in [0.4, 0.5) is 0 Å². The number of benzene rings is 1. The third-order valence-corrected chi connectivity index (χ3v) is 5.29. The van der Waals surface area contributed by atoms with Gasteiger partial charge in [-0.15, -0.1) is 0 Å². The van der Waals surface area contributed by atoms with Gasteiger partial charge in [0.25, 0.3) is 0 Å². The van der Waals surface area contributed by atoms with Gasteiger partial charge in [-0.1, -0.05) is 32.4 Å². The quantitative estimate of drug-likeness (QED) is 0.759. The van der Waals surface area contributed by atoms with Crippen LogP contribution in [0.15, 0.2) is 24.3 Å². The number of ether oxygens (including phenoxy) is 1. The fourth-order valence-electron chi connectivity index (χ4n) is 3.78. The van der Waals surface area contributed by atoms with Crippen molar-refractivity contribution in [1.29, 1.82) is 0 Å². The molecule has 0 saturated heterocycles. The number of amides is 1. The van der Waals surface area contributed by atoms with Crippen molar-refractivity contribution < 1.29 is 9.53 Å². The molecule has 1 aliphatic rings. The molecule has 1 amide bonds. The van der Waals surface area contributed by atoms with Gasteiger partial charge in [-0.05, 0) is 50.0 Å². The van der Waals surface area contributed by atoms with E-state index in [9.17, 15) is 4.79 Å². The van der Waals surface area contributed by atoms with Crippen molar-refractivity contribution in [1.82, 2.24) is 10.2 Å². The average molecular weight is 348 g/mol. The first-order valence-electron chi connectivity index (χ1n) is 9.50. The number of hydrogen-bond acceptors (Lipinski definition) is 4. The van der Waals surface area contributed by atoms with E-state index in [4.69, 9.17) is 10.5 Å². The third-order valence-electron chi connectivity index (χ3n) is 5.29. The summed E-state index contributed by atoms with van der Waals surface area (Å²) in [6.45, 7) is 6.78. The van der Waals surface area contributed by atoms with Crippen LogP contribution < -0.4 is 15.8 Å². The topological polar surface area (TPSA) is 67.6 Å². The molecule has 5 nitrogen and oxygen atoms in total.